The molecule has 0 aliphatic carbocycles. The van der Waals surface area contributed by atoms with Gasteiger partial charge in [0.1, 0.15) is 0 Å². The van der Waals surface area contributed by atoms with Gasteiger partial charge in [0.05, 0.1) is 24.3 Å². The van der Waals surface area contributed by atoms with Crippen molar-refractivity contribution >= 4 is 5.96 Å². The number of nitriles is 1. The van der Waals surface area contributed by atoms with Gasteiger partial charge in [-0.3, -0.25) is 0 Å². The van der Waals surface area contributed by atoms with Crippen LogP contribution in [0.25, 0.3) is 11.1 Å². The van der Waals surface area contributed by atoms with Crippen LogP contribution in [0.4, 0.5) is 0 Å². The monoisotopic (exact) mass is 410 g/mol. The minimum Gasteiger partial charge on any atom is -0.369 e. The van der Waals surface area contributed by atoms with Crippen LogP contribution in [-0.4, -0.2) is 18.1 Å². The maximum atomic E-state index is 9.28. The van der Waals surface area contributed by atoms with Crippen molar-refractivity contribution in [3.8, 4) is 17.2 Å². The van der Waals surface area contributed by atoms with Crippen LogP contribution in [0.3, 0.4) is 0 Å². The van der Waals surface area contributed by atoms with E-state index in [0.717, 1.165) is 27.8 Å². The molecular weight excluding hydrogens is 388 g/mol. The number of fused-ring (bicyclic) bond motifs is 2. The predicted octanol–water partition coefficient (Wildman–Crippen LogP) is 4.23. The van der Waals surface area contributed by atoms with Crippen molar-refractivity contribution < 1.29 is 9.57 Å². The molecule has 1 spiro atoms. The van der Waals surface area contributed by atoms with E-state index in [1.165, 1.54) is 5.06 Å². The summed E-state index contributed by atoms with van der Waals surface area (Å²) >= 11 is 0. The van der Waals surface area contributed by atoms with Gasteiger partial charge in [-0.15, -0.1) is 0 Å². The molecule has 0 aromatic heterocycles. The molecule has 2 aliphatic heterocycles. The van der Waals surface area contributed by atoms with E-state index in [1.54, 1.807) is 13.1 Å². The number of benzene rings is 3. The van der Waals surface area contributed by atoms with Crippen LogP contribution in [0.1, 0.15) is 34.8 Å². The van der Waals surface area contributed by atoms with Crippen LogP contribution in [-0.2, 0) is 21.9 Å². The van der Waals surface area contributed by atoms with Gasteiger partial charge in [-0.25, -0.2) is 14.9 Å². The van der Waals surface area contributed by atoms with Crippen molar-refractivity contribution in [3.05, 3.63) is 95.1 Å². The Kier molecular flexibility index (Phi) is 4.70. The Morgan fingerprint density at radius 1 is 1.06 bits per heavy atom. The Bertz CT molecular complexity index is 1200. The molecular formula is C25H22N4O2. The van der Waals surface area contributed by atoms with Crippen LogP contribution in [0.15, 0.2) is 77.8 Å². The number of ether oxygens (including phenoxy) is 1. The second kappa shape index (κ2) is 7.55. The number of nitrogens with two attached hydrogens (primary N) is 1. The lowest BCUT2D eigenvalue weighted by atomic mass is 9.89. The van der Waals surface area contributed by atoms with Gasteiger partial charge in [-0.05, 0) is 40.5 Å². The van der Waals surface area contributed by atoms with Gasteiger partial charge in [0.25, 0.3) is 0 Å². The minimum atomic E-state index is -0.978. The third-order valence-electron chi connectivity index (χ3n) is 5.83. The molecule has 0 amide bonds. The van der Waals surface area contributed by atoms with Crippen LogP contribution >= 0.6 is 0 Å². The lowest BCUT2D eigenvalue weighted by molar-refractivity contribution is -0.186. The van der Waals surface area contributed by atoms with Crippen molar-refractivity contribution in [1.29, 1.82) is 5.26 Å². The van der Waals surface area contributed by atoms with Gasteiger partial charge in [0.15, 0.2) is 0 Å². The molecule has 1 unspecified atom stereocenters. The zero-order valence-corrected chi connectivity index (χ0v) is 17.2. The molecule has 3 aromatic rings. The van der Waals surface area contributed by atoms with E-state index in [-0.39, 0.29) is 6.10 Å². The average molecular weight is 410 g/mol. The molecule has 6 nitrogen and oxygen atoms in total. The minimum absolute atomic E-state index is 0.193. The van der Waals surface area contributed by atoms with Crippen LogP contribution in [0.2, 0.25) is 0 Å². The first-order valence-electron chi connectivity index (χ1n) is 10.2. The number of rotatable bonds is 2. The maximum Gasteiger partial charge on any atom is 0.218 e. The molecule has 5 rings (SSSR count). The Balaban J connectivity index is 1.63. The highest BCUT2D eigenvalue weighted by Gasteiger charge is 2.46. The van der Waals surface area contributed by atoms with Crippen molar-refractivity contribution in [2.24, 2.45) is 10.7 Å². The van der Waals surface area contributed by atoms with Gasteiger partial charge >= 0.3 is 0 Å². The number of nitrogens with zero attached hydrogens (tertiary/aromatic N) is 3. The molecule has 6 heteroatoms. The zero-order valence-electron chi connectivity index (χ0n) is 17.2. The van der Waals surface area contributed by atoms with E-state index in [1.807, 2.05) is 48.5 Å². The lowest BCUT2D eigenvalue weighted by Gasteiger charge is -2.29. The SMILES string of the molecule is CN1OC2(C[C@H](c3ccccc3)OCc3ccc(-c4cccc(C#N)c4)cc32)N=C1N. The van der Waals surface area contributed by atoms with Gasteiger partial charge in [0.2, 0.25) is 11.7 Å². The topological polar surface area (TPSA) is 83.9 Å². The molecule has 2 N–H and O–H groups in total. The first-order chi connectivity index (χ1) is 15.1. The van der Waals surface area contributed by atoms with Crippen molar-refractivity contribution in [2.45, 2.75) is 24.9 Å². The summed E-state index contributed by atoms with van der Waals surface area (Å²) < 4.78 is 6.30. The predicted molar refractivity (Wildman–Crippen MR) is 117 cm³/mol. The van der Waals surface area contributed by atoms with E-state index in [4.69, 9.17) is 20.3 Å². The molecule has 0 radical (unpaired) electrons. The molecule has 2 atom stereocenters. The number of hydrogen-bond donors (Lipinski definition) is 1. The molecule has 31 heavy (non-hydrogen) atoms. The Morgan fingerprint density at radius 3 is 2.61 bits per heavy atom. The smallest absolute Gasteiger partial charge is 0.218 e. The van der Waals surface area contributed by atoms with E-state index in [9.17, 15) is 5.26 Å². The highest BCUT2D eigenvalue weighted by molar-refractivity contribution is 5.79. The van der Waals surface area contributed by atoms with E-state index >= 15 is 0 Å². The maximum absolute atomic E-state index is 9.28. The molecule has 0 fully saturated rings. The summed E-state index contributed by atoms with van der Waals surface area (Å²) in [5.41, 5.74) is 10.7. The third kappa shape index (κ3) is 3.44. The molecule has 0 saturated carbocycles. The Hall–Kier alpha value is -3.66. The van der Waals surface area contributed by atoms with Gasteiger partial charge in [-0.1, -0.05) is 54.6 Å². The molecule has 3 aromatic carbocycles. The quantitative estimate of drug-likeness (QED) is 0.683. The molecule has 154 valence electrons. The second-order valence-electron chi connectivity index (χ2n) is 7.82. The van der Waals surface area contributed by atoms with Crippen molar-refractivity contribution in [3.63, 3.8) is 0 Å². The number of aliphatic imine (C=N–C) groups is 1. The van der Waals surface area contributed by atoms with Crippen LogP contribution < -0.4 is 5.73 Å². The average Bonchev–Trinajstić information content (AvgIpc) is 3.01. The summed E-state index contributed by atoms with van der Waals surface area (Å²) in [5, 5.41) is 10.8. The number of hydrogen-bond acceptors (Lipinski definition) is 6. The lowest BCUT2D eigenvalue weighted by Crippen LogP contribution is -2.32. The van der Waals surface area contributed by atoms with E-state index in [0.29, 0.717) is 24.6 Å². The largest absolute Gasteiger partial charge is 0.369 e. The summed E-state index contributed by atoms with van der Waals surface area (Å²) in [4.78, 5) is 11.0. The molecule has 2 heterocycles. The second-order valence-corrected chi connectivity index (χ2v) is 7.82. The van der Waals surface area contributed by atoms with E-state index in [2.05, 4.69) is 24.3 Å². The zero-order chi connectivity index (χ0) is 21.4. The Morgan fingerprint density at radius 2 is 1.87 bits per heavy atom. The van der Waals surface area contributed by atoms with Gasteiger partial charge in [-0.2, -0.15) is 5.26 Å². The van der Waals surface area contributed by atoms with Crippen LogP contribution in [0, 0.1) is 11.3 Å². The highest BCUT2D eigenvalue weighted by Crippen LogP contribution is 2.46. The summed E-state index contributed by atoms with van der Waals surface area (Å²) in [6, 6.07) is 26.0. The number of hydroxylamine groups is 2. The first-order valence-corrected chi connectivity index (χ1v) is 10.2. The summed E-state index contributed by atoms with van der Waals surface area (Å²) in [6.07, 6.45) is 0.304. The van der Waals surface area contributed by atoms with Crippen molar-refractivity contribution in [2.75, 3.05) is 7.05 Å². The molecule has 0 bridgehead atoms. The number of guanidine groups is 1. The van der Waals surface area contributed by atoms with Gasteiger partial charge in [0, 0.05) is 19.0 Å². The summed E-state index contributed by atoms with van der Waals surface area (Å²) in [6.45, 7) is 0.442. The third-order valence-corrected chi connectivity index (χ3v) is 5.83. The standard InChI is InChI=1S/C25H22N4O2/c1-29-24(27)28-25(31-29)14-23(18-7-3-2-4-8-18)30-16-21-11-10-20(13-22(21)25)19-9-5-6-17(12-19)15-26/h2-13,23H,14,16H2,1H3,(H2,27,28)/t23-,25?/m1/s1. The summed E-state index contributed by atoms with van der Waals surface area (Å²) in [7, 11) is 1.76. The van der Waals surface area contributed by atoms with Crippen molar-refractivity contribution in [1.82, 2.24) is 5.06 Å². The highest BCUT2D eigenvalue weighted by atomic mass is 16.7. The van der Waals surface area contributed by atoms with E-state index < -0.39 is 5.72 Å². The summed E-state index contributed by atoms with van der Waals surface area (Å²) in [5.74, 6) is 0.330. The fraction of sp³-hybridized carbons (Fsp3) is 0.200. The molecule has 2 aliphatic rings. The van der Waals surface area contributed by atoms with Gasteiger partial charge < -0.3 is 10.5 Å². The molecule has 0 saturated heterocycles. The first kappa shape index (κ1) is 19.3. The van der Waals surface area contributed by atoms with Crippen LogP contribution in [0.5, 0.6) is 0 Å². The Labute approximate surface area is 181 Å². The fourth-order valence-corrected chi connectivity index (χ4v) is 4.25. The normalized spacial score (nSPS) is 22.5. The fourth-order valence-electron chi connectivity index (χ4n) is 4.25.